The summed E-state index contributed by atoms with van der Waals surface area (Å²) in [4.78, 5) is 5.12. The second-order valence-electron chi connectivity index (χ2n) is 7.40. The van der Waals surface area contributed by atoms with Gasteiger partial charge >= 0.3 is 0 Å². The second kappa shape index (κ2) is 9.82. The van der Waals surface area contributed by atoms with Gasteiger partial charge in [0.2, 0.25) is 5.89 Å². The largest absolute Gasteiger partial charge is 0.493 e. The fourth-order valence-electron chi connectivity index (χ4n) is 3.61. The summed E-state index contributed by atoms with van der Waals surface area (Å²) >= 11 is 11.4. The van der Waals surface area contributed by atoms with Crippen molar-refractivity contribution in [3.8, 4) is 23.0 Å². The van der Waals surface area contributed by atoms with E-state index in [0.29, 0.717) is 28.9 Å². The number of ether oxygens (including phenoxy) is 2. The molecule has 1 aliphatic heterocycles. The second-order valence-corrected chi connectivity index (χ2v) is 8.19. The Bertz CT molecular complexity index is 1080. The first-order valence-electron chi connectivity index (χ1n) is 10.0. The molecule has 0 saturated carbocycles. The van der Waals surface area contributed by atoms with Crippen molar-refractivity contribution in [1.29, 1.82) is 0 Å². The average molecular weight is 461 g/mol. The van der Waals surface area contributed by atoms with Crippen LogP contribution in [-0.2, 0) is 13.2 Å². The molecular weight excluding hydrogens is 436 g/mol. The third-order valence-corrected chi connectivity index (χ3v) is 5.90. The molecule has 2 aromatic carbocycles. The highest BCUT2D eigenvalue weighted by Crippen LogP contribution is 2.31. The van der Waals surface area contributed by atoms with E-state index in [9.17, 15) is 0 Å². The summed E-state index contributed by atoms with van der Waals surface area (Å²) in [5.74, 6) is 1.74. The zero-order valence-corrected chi connectivity index (χ0v) is 19.2. The molecule has 0 bridgehead atoms. The molecule has 0 spiro atoms. The fourth-order valence-corrected chi connectivity index (χ4v) is 3.91. The number of piperazine rings is 1. The minimum Gasteiger partial charge on any atom is -0.493 e. The van der Waals surface area contributed by atoms with E-state index < -0.39 is 0 Å². The quantitative estimate of drug-likeness (QED) is 0.486. The maximum absolute atomic E-state index is 5.98. The standard InChI is InChI=1S/C22H25ClN4O3S/c1-28-19-8-5-17(13-20(19)29-2)21-24-27(22(31)30-21)15-26-11-9-25(10-12-26)14-16-3-6-18(23)7-4-16/h3-8,13H,9-12,14-15H2,1-2H3. The lowest BCUT2D eigenvalue weighted by molar-refractivity contribution is 0.0974. The Balaban J connectivity index is 1.37. The van der Waals surface area contributed by atoms with Crippen LogP contribution in [0.4, 0.5) is 0 Å². The molecule has 164 valence electrons. The summed E-state index contributed by atoms with van der Waals surface area (Å²) in [5.41, 5.74) is 2.06. The molecule has 1 aliphatic rings. The van der Waals surface area contributed by atoms with Crippen molar-refractivity contribution in [3.05, 3.63) is 57.9 Å². The lowest BCUT2D eigenvalue weighted by atomic mass is 10.2. The molecule has 1 aromatic heterocycles. The molecule has 0 amide bonds. The molecule has 0 atom stereocenters. The number of aromatic nitrogens is 2. The number of halogens is 1. The number of hydrogen-bond acceptors (Lipinski definition) is 7. The van der Waals surface area contributed by atoms with Crippen molar-refractivity contribution >= 4 is 23.8 Å². The van der Waals surface area contributed by atoms with Crippen LogP contribution in [0.5, 0.6) is 11.5 Å². The maximum Gasteiger partial charge on any atom is 0.288 e. The Morgan fingerprint density at radius 1 is 0.968 bits per heavy atom. The van der Waals surface area contributed by atoms with Crippen LogP contribution in [-0.4, -0.2) is 60.0 Å². The number of nitrogens with zero attached hydrogens (tertiary/aromatic N) is 4. The van der Waals surface area contributed by atoms with Gasteiger partial charge in [0.05, 0.1) is 20.9 Å². The molecule has 7 nitrogen and oxygen atoms in total. The van der Waals surface area contributed by atoms with Crippen LogP contribution < -0.4 is 9.47 Å². The summed E-state index contributed by atoms with van der Waals surface area (Å²) in [6, 6.07) is 13.6. The molecule has 0 unspecified atom stereocenters. The van der Waals surface area contributed by atoms with Gasteiger partial charge in [0.25, 0.3) is 4.84 Å². The highest BCUT2D eigenvalue weighted by molar-refractivity contribution is 7.71. The molecule has 2 heterocycles. The van der Waals surface area contributed by atoms with E-state index in [0.717, 1.165) is 43.3 Å². The fraction of sp³-hybridized carbons (Fsp3) is 0.364. The Labute approximate surface area is 191 Å². The van der Waals surface area contributed by atoms with Crippen molar-refractivity contribution in [2.24, 2.45) is 0 Å². The SMILES string of the molecule is COc1ccc(-c2nn(CN3CCN(Cc4ccc(Cl)cc4)CC3)c(=S)o2)cc1OC. The summed E-state index contributed by atoms with van der Waals surface area (Å²) in [5, 5.41) is 5.35. The summed E-state index contributed by atoms with van der Waals surface area (Å²) in [7, 11) is 3.20. The lowest BCUT2D eigenvalue weighted by Crippen LogP contribution is -2.46. The van der Waals surface area contributed by atoms with Gasteiger partial charge in [-0.3, -0.25) is 9.80 Å². The first kappa shape index (κ1) is 21.8. The number of methoxy groups -OCH3 is 2. The van der Waals surface area contributed by atoms with Gasteiger partial charge in [-0.2, -0.15) is 0 Å². The average Bonchev–Trinajstić information content (AvgIpc) is 3.16. The van der Waals surface area contributed by atoms with E-state index in [-0.39, 0.29) is 0 Å². The van der Waals surface area contributed by atoms with Crippen LogP contribution in [0.25, 0.3) is 11.5 Å². The van der Waals surface area contributed by atoms with Crippen molar-refractivity contribution in [2.45, 2.75) is 13.2 Å². The smallest absolute Gasteiger partial charge is 0.288 e. The maximum atomic E-state index is 5.98. The van der Waals surface area contributed by atoms with E-state index in [4.69, 9.17) is 37.7 Å². The van der Waals surface area contributed by atoms with E-state index in [1.54, 1.807) is 18.9 Å². The number of rotatable bonds is 7. The van der Waals surface area contributed by atoms with Gasteiger partial charge in [-0.1, -0.05) is 23.7 Å². The van der Waals surface area contributed by atoms with Gasteiger partial charge < -0.3 is 13.9 Å². The third-order valence-electron chi connectivity index (χ3n) is 5.36. The molecule has 0 aliphatic carbocycles. The summed E-state index contributed by atoms with van der Waals surface area (Å²) in [6.45, 7) is 5.37. The van der Waals surface area contributed by atoms with Crippen molar-refractivity contribution in [3.63, 3.8) is 0 Å². The van der Waals surface area contributed by atoms with Crippen molar-refractivity contribution in [2.75, 3.05) is 40.4 Å². The first-order valence-corrected chi connectivity index (χ1v) is 10.8. The lowest BCUT2D eigenvalue weighted by Gasteiger charge is -2.34. The topological polar surface area (TPSA) is 55.9 Å². The highest BCUT2D eigenvalue weighted by Gasteiger charge is 2.19. The van der Waals surface area contributed by atoms with Gasteiger partial charge in [-0.25, -0.2) is 4.68 Å². The highest BCUT2D eigenvalue weighted by atomic mass is 35.5. The molecule has 0 N–H and O–H groups in total. The van der Waals surface area contributed by atoms with Gasteiger partial charge in [0.1, 0.15) is 0 Å². The molecular formula is C22H25ClN4O3S. The van der Waals surface area contributed by atoms with Gasteiger partial charge in [0, 0.05) is 43.3 Å². The third kappa shape index (κ3) is 5.27. The zero-order chi connectivity index (χ0) is 21.8. The molecule has 0 radical (unpaired) electrons. The van der Waals surface area contributed by atoms with Crippen LogP contribution in [0.15, 0.2) is 46.9 Å². The van der Waals surface area contributed by atoms with Crippen LogP contribution in [0.1, 0.15) is 5.56 Å². The van der Waals surface area contributed by atoms with Crippen molar-refractivity contribution < 1.29 is 13.9 Å². The number of benzene rings is 2. The number of hydrogen-bond donors (Lipinski definition) is 0. The Kier molecular flexibility index (Phi) is 6.92. The summed E-state index contributed by atoms with van der Waals surface area (Å²) in [6.07, 6.45) is 0. The van der Waals surface area contributed by atoms with Crippen LogP contribution >= 0.6 is 23.8 Å². The predicted molar refractivity (Wildman–Crippen MR) is 122 cm³/mol. The van der Waals surface area contributed by atoms with E-state index in [2.05, 4.69) is 27.0 Å². The Morgan fingerprint density at radius 2 is 1.65 bits per heavy atom. The molecule has 9 heteroatoms. The Hall–Kier alpha value is -2.39. The molecule has 3 aromatic rings. The minimum atomic E-state index is 0.355. The van der Waals surface area contributed by atoms with Crippen LogP contribution in [0.3, 0.4) is 0 Å². The van der Waals surface area contributed by atoms with Crippen LogP contribution in [0, 0.1) is 4.84 Å². The molecule has 1 fully saturated rings. The van der Waals surface area contributed by atoms with Gasteiger partial charge in [-0.05, 0) is 48.1 Å². The first-order chi connectivity index (χ1) is 15.1. The summed E-state index contributed by atoms with van der Waals surface area (Å²) < 4.78 is 18.1. The molecule has 1 saturated heterocycles. The normalized spacial score (nSPS) is 15.2. The van der Waals surface area contributed by atoms with Crippen LogP contribution in [0.2, 0.25) is 5.02 Å². The van der Waals surface area contributed by atoms with Gasteiger partial charge in [0.15, 0.2) is 11.5 Å². The molecule has 31 heavy (non-hydrogen) atoms. The minimum absolute atomic E-state index is 0.355. The zero-order valence-electron chi connectivity index (χ0n) is 17.6. The molecule has 4 rings (SSSR count). The van der Waals surface area contributed by atoms with Gasteiger partial charge in [-0.15, -0.1) is 5.10 Å². The van der Waals surface area contributed by atoms with Crippen molar-refractivity contribution in [1.82, 2.24) is 19.6 Å². The Morgan fingerprint density at radius 3 is 2.32 bits per heavy atom. The monoisotopic (exact) mass is 460 g/mol. The predicted octanol–water partition coefficient (Wildman–Crippen LogP) is 4.32. The van der Waals surface area contributed by atoms with E-state index in [1.807, 2.05) is 30.3 Å². The van der Waals surface area contributed by atoms with E-state index in [1.165, 1.54) is 5.56 Å². The van der Waals surface area contributed by atoms with E-state index >= 15 is 0 Å².